The topological polar surface area (TPSA) is 128 Å². The number of aromatic amines is 1. The number of fused-ring (bicyclic) bond motifs is 1. The van der Waals surface area contributed by atoms with Crippen LogP contribution in [0.4, 0.5) is 5.69 Å². The number of aryl methyl sites for hydroxylation is 1. The Hall–Kier alpha value is -3.16. The van der Waals surface area contributed by atoms with Gasteiger partial charge in [-0.15, -0.1) is 0 Å². The number of carboxylic acid groups (broad SMARTS) is 1. The van der Waals surface area contributed by atoms with Crippen LogP contribution in [-0.2, 0) is 16.0 Å². The largest absolute Gasteiger partial charge is 0.481 e. The summed E-state index contributed by atoms with van der Waals surface area (Å²) < 4.78 is 0. The second-order valence-electron chi connectivity index (χ2n) is 6.68. The number of hydrogen-bond donors (Lipinski definition) is 5. The van der Waals surface area contributed by atoms with Gasteiger partial charge in [0, 0.05) is 23.7 Å². The summed E-state index contributed by atoms with van der Waals surface area (Å²) in [6.07, 6.45) is 2.84. The molecule has 0 saturated carbocycles. The van der Waals surface area contributed by atoms with E-state index in [-0.39, 0.29) is 6.61 Å². The van der Waals surface area contributed by atoms with Gasteiger partial charge in [-0.25, -0.2) is 0 Å². The first-order valence-corrected chi connectivity index (χ1v) is 9.07. The lowest BCUT2D eigenvalue weighted by Gasteiger charge is -2.09. The number of aromatic nitrogens is 1. The molecule has 2 aromatic carbocycles. The van der Waals surface area contributed by atoms with Crippen molar-refractivity contribution in [1.29, 1.82) is 0 Å². The number of anilines is 1. The summed E-state index contributed by atoms with van der Waals surface area (Å²) in [6, 6.07) is 13.0. The van der Waals surface area contributed by atoms with Gasteiger partial charge in [-0.2, -0.15) is 0 Å². The van der Waals surface area contributed by atoms with Crippen molar-refractivity contribution in [1.82, 2.24) is 4.98 Å². The van der Waals surface area contributed by atoms with Gasteiger partial charge < -0.3 is 26.2 Å². The molecule has 3 rings (SSSR count). The zero-order valence-electron chi connectivity index (χ0n) is 15.3. The van der Waals surface area contributed by atoms with Crippen LogP contribution in [0.15, 0.2) is 48.7 Å². The molecule has 0 aliphatic carbocycles. The van der Waals surface area contributed by atoms with Gasteiger partial charge >= 0.3 is 5.97 Å². The average molecular weight is 381 g/mol. The minimum absolute atomic E-state index is 0.186. The minimum atomic E-state index is -1.12. The minimum Gasteiger partial charge on any atom is -0.481 e. The average Bonchev–Trinajstić information content (AvgIpc) is 3.08. The number of aliphatic hydroxyl groups is 1. The molecule has 1 atom stereocenters. The Balaban J connectivity index is 1.77. The number of amides is 1. The van der Waals surface area contributed by atoms with E-state index in [0.29, 0.717) is 5.69 Å². The maximum absolute atomic E-state index is 12.1. The fourth-order valence-electron chi connectivity index (χ4n) is 3.06. The summed E-state index contributed by atoms with van der Waals surface area (Å²) in [5.74, 6) is -1.65. The van der Waals surface area contributed by atoms with E-state index >= 15 is 0 Å². The third kappa shape index (κ3) is 4.57. The zero-order valence-corrected chi connectivity index (χ0v) is 15.3. The molecule has 1 amide bonds. The van der Waals surface area contributed by atoms with Crippen LogP contribution in [0.2, 0.25) is 0 Å². The maximum Gasteiger partial charge on any atom is 0.305 e. The van der Waals surface area contributed by atoms with Gasteiger partial charge in [0.15, 0.2) is 0 Å². The molecule has 3 aromatic rings. The predicted molar refractivity (Wildman–Crippen MR) is 108 cm³/mol. The Morgan fingerprint density at radius 3 is 2.50 bits per heavy atom. The number of H-pyrrole nitrogens is 1. The number of aliphatic hydroxyl groups excluding tert-OH is 1. The highest BCUT2D eigenvalue weighted by atomic mass is 16.4. The summed E-state index contributed by atoms with van der Waals surface area (Å²) in [4.78, 5) is 25.9. The Morgan fingerprint density at radius 1 is 1.11 bits per heavy atom. The van der Waals surface area contributed by atoms with Crippen molar-refractivity contribution in [2.75, 3.05) is 11.9 Å². The van der Waals surface area contributed by atoms with Gasteiger partial charge in [0.25, 0.3) is 0 Å². The number of carboxylic acids is 1. The van der Waals surface area contributed by atoms with Crippen LogP contribution in [-0.4, -0.2) is 39.7 Å². The van der Waals surface area contributed by atoms with E-state index in [9.17, 15) is 9.59 Å². The van der Waals surface area contributed by atoms with Gasteiger partial charge in [-0.1, -0.05) is 36.4 Å². The van der Waals surface area contributed by atoms with Crippen molar-refractivity contribution in [3.05, 3.63) is 54.2 Å². The third-order valence-electron chi connectivity index (χ3n) is 4.58. The molecule has 1 heterocycles. The number of aliphatic carboxylic acids is 1. The lowest BCUT2D eigenvalue weighted by molar-refractivity contribution is -0.138. The van der Waals surface area contributed by atoms with Gasteiger partial charge in [0.05, 0.1) is 18.2 Å². The SMILES string of the molecule is NC(CC(=O)O)C(=O)Nc1c[nH]c2cc(-c3ccc(CCCO)cc3)ccc12. The fourth-order valence-corrected chi connectivity index (χ4v) is 3.06. The zero-order chi connectivity index (χ0) is 20.1. The van der Waals surface area contributed by atoms with Crippen LogP contribution in [0.3, 0.4) is 0 Å². The Labute approximate surface area is 162 Å². The van der Waals surface area contributed by atoms with E-state index in [4.69, 9.17) is 15.9 Å². The number of hydrogen-bond acceptors (Lipinski definition) is 4. The van der Waals surface area contributed by atoms with E-state index in [0.717, 1.165) is 34.9 Å². The first kappa shape index (κ1) is 19.6. The molecule has 0 fully saturated rings. The lowest BCUT2D eigenvalue weighted by atomic mass is 10.0. The van der Waals surface area contributed by atoms with Crippen LogP contribution >= 0.6 is 0 Å². The standard InChI is InChI=1S/C21H23N3O4/c22-17(11-20(26)27)21(28)24-19-12-23-18-10-15(7-8-16(18)19)14-5-3-13(4-6-14)2-1-9-25/h3-8,10,12,17,23,25H,1-2,9,11,22H2,(H,24,28)(H,26,27). The number of nitrogens with one attached hydrogen (secondary N) is 2. The second kappa shape index (κ2) is 8.69. The molecule has 0 aliphatic rings. The van der Waals surface area contributed by atoms with Crippen LogP contribution in [0.25, 0.3) is 22.0 Å². The molecule has 7 heteroatoms. The first-order chi connectivity index (χ1) is 13.5. The van der Waals surface area contributed by atoms with E-state index in [1.54, 1.807) is 6.20 Å². The molecule has 6 N–H and O–H groups in total. The Bertz CT molecular complexity index is 979. The van der Waals surface area contributed by atoms with E-state index in [1.165, 1.54) is 5.56 Å². The summed E-state index contributed by atoms with van der Waals surface area (Å²) in [7, 11) is 0. The van der Waals surface area contributed by atoms with Crippen molar-refractivity contribution in [2.24, 2.45) is 5.73 Å². The van der Waals surface area contributed by atoms with Crippen LogP contribution in [0, 0.1) is 0 Å². The lowest BCUT2D eigenvalue weighted by Crippen LogP contribution is -2.37. The highest BCUT2D eigenvalue weighted by molar-refractivity contribution is 6.04. The molecule has 0 bridgehead atoms. The van der Waals surface area contributed by atoms with Crippen molar-refractivity contribution in [3.8, 4) is 11.1 Å². The smallest absolute Gasteiger partial charge is 0.305 e. The highest BCUT2D eigenvalue weighted by Gasteiger charge is 2.18. The molecule has 0 radical (unpaired) electrons. The quantitative estimate of drug-likeness (QED) is 0.409. The van der Waals surface area contributed by atoms with E-state index in [2.05, 4.69) is 22.4 Å². The van der Waals surface area contributed by atoms with Crippen molar-refractivity contribution < 1.29 is 19.8 Å². The predicted octanol–water partition coefficient (Wildman–Crippen LogP) is 2.50. The number of nitrogens with two attached hydrogens (primary N) is 1. The summed E-state index contributed by atoms with van der Waals surface area (Å²) >= 11 is 0. The number of carbonyl (C=O) groups excluding carboxylic acids is 1. The molecular formula is C21H23N3O4. The Morgan fingerprint density at radius 2 is 1.82 bits per heavy atom. The molecule has 1 aromatic heterocycles. The maximum atomic E-state index is 12.1. The molecule has 0 aliphatic heterocycles. The molecular weight excluding hydrogens is 358 g/mol. The first-order valence-electron chi connectivity index (χ1n) is 9.07. The Kier molecular flexibility index (Phi) is 6.08. The third-order valence-corrected chi connectivity index (χ3v) is 4.58. The van der Waals surface area contributed by atoms with E-state index in [1.807, 2.05) is 30.3 Å². The van der Waals surface area contributed by atoms with Gasteiger partial charge in [-0.05, 0) is 35.6 Å². The monoisotopic (exact) mass is 381 g/mol. The van der Waals surface area contributed by atoms with Gasteiger partial charge in [0.2, 0.25) is 5.91 Å². The number of benzene rings is 2. The fraction of sp³-hybridized carbons (Fsp3) is 0.238. The summed E-state index contributed by atoms with van der Waals surface area (Å²) in [5.41, 5.74) is 10.3. The highest BCUT2D eigenvalue weighted by Crippen LogP contribution is 2.29. The molecule has 146 valence electrons. The van der Waals surface area contributed by atoms with Gasteiger partial charge in [-0.3, -0.25) is 9.59 Å². The molecule has 1 unspecified atom stereocenters. The van der Waals surface area contributed by atoms with Crippen molar-refractivity contribution in [2.45, 2.75) is 25.3 Å². The second-order valence-corrected chi connectivity index (χ2v) is 6.68. The van der Waals surface area contributed by atoms with Crippen molar-refractivity contribution >= 4 is 28.5 Å². The van der Waals surface area contributed by atoms with Gasteiger partial charge in [0.1, 0.15) is 0 Å². The van der Waals surface area contributed by atoms with E-state index < -0.39 is 24.3 Å². The molecule has 0 saturated heterocycles. The summed E-state index contributed by atoms with van der Waals surface area (Å²) in [6.45, 7) is 0.186. The number of rotatable bonds is 8. The van der Waals surface area contributed by atoms with Crippen LogP contribution in [0.5, 0.6) is 0 Å². The summed E-state index contributed by atoms with van der Waals surface area (Å²) in [5, 5.41) is 21.2. The molecule has 28 heavy (non-hydrogen) atoms. The molecule has 7 nitrogen and oxygen atoms in total. The number of carbonyl (C=O) groups is 2. The van der Waals surface area contributed by atoms with Crippen LogP contribution < -0.4 is 11.1 Å². The van der Waals surface area contributed by atoms with Crippen molar-refractivity contribution in [3.63, 3.8) is 0 Å². The molecule has 0 spiro atoms. The van der Waals surface area contributed by atoms with Crippen LogP contribution in [0.1, 0.15) is 18.4 Å². The normalized spacial score (nSPS) is 12.1.